The van der Waals surface area contributed by atoms with Crippen LogP contribution in [0, 0.1) is 0 Å². The highest BCUT2D eigenvalue weighted by atomic mass is 35.5. The molecule has 21 heavy (non-hydrogen) atoms. The molecule has 0 amide bonds. The number of hydrogen-bond acceptors (Lipinski definition) is 1. The third-order valence-corrected chi connectivity index (χ3v) is 3.87. The summed E-state index contributed by atoms with van der Waals surface area (Å²) >= 11 is 17.1. The maximum Gasteiger partial charge on any atom is 0.170 e. The summed E-state index contributed by atoms with van der Waals surface area (Å²) in [6.07, 6.45) is 9.07. The van der Waals surface area contributed by atoms with Crippen molar-refractivity contribution >= 4 is 46.2 Å². The van der Waals surface area contributed by atoms with Gasteiger partial charge in [0.2, 0.25) is 0 Å². The van der Waals surface area contributed by atoms with Crippen molar-refractivity contribution in [3.8, 4) is 0 Å². The molecule has 0 radical (unpaired) electrons. The lowest BCUT2D eigenvalue weighted by Gasteiger charge is -2.11. The van der Waals surface area contributed by atoms with Crippen LogP contribution in [0.5, 0.6) is 0 Å². The van der Waals surface area contributed by atoms with Gasteiger partial charge >= 0.3 is 0 Å². The fourth-order valence-corrected chi connectivity index (χ4v) is 2.83. The van der Waals surface area contributed by atoms with Crippen LogP contribution in [0.4, 0.5) is 5.69 Å². The van der Waals surface area contributed by atoms with E-state index in [0.29, 0.717) is 15.2 Å². The van der Waals surface area contributed by atoms with E-state index in [4.69, 9.17) is 35.4 Å². The zero-order chi connectivity index (χ0) is 15.5. The molecule has 2 nitrogen and oxygen atoms in total. The summed E-state index contributed by atoms with van der Waals surface area (Å²) in [5, 5.41) is 8.10. The maximum atomic E-state index is 5.94. The average molecular weight is 347 g/mol. The molecule has 0 bridgehead atoms. The summed E-state index contributed by atoms with van der Waals surface area (Å²) in [5.41, 5.74) is 0.810. The predicted molar refractivity (Wildman–Crippen MR) is 98.7 cm³/mol. The fraction of sp³-hybridized carbons (Fsp3) is 0.562. The highest BCUT2D eigenvalue weighted by Crippen LogP contribution is 2.22. The van der Waals surface area contributed by atoms with Gasteiger partial charge in [-0.25, -0.2) is 0 Å². The van der Waals surface area contributed by atoms with E-state index < -0.39 is 0 Å². The van der Waals surface area contributed by atoms with Crippen molar-refractivity contribution in [2.45, 2.75) is 51.9 Å². The molecule has 5 heteroatoms. The number of unbranched alkanes of at least 4 members (excludes halogenated alkanes) is 6. The number of rotatable bonds is 9. The quantitative estimate of drug-likeness (QED) is 0.421. The van der Waals surface area contributed by atoms with Crippen LogP contribution in [0.15, 0.2) is 18.2 Å². The van der Waals surface area contributed by atoms with E-state index in [2.05, 4.69) is 17.6 Å². The summed E-state index contributed by atoms with van der Waals surface area (Å²) in [6.45, 7) is 3.14. The van der Waals surface area contributed by atoms with Gasteiger partial charge in [-0.3, -0.25) is 0 Å². The molecule has 0 aliphatic heterocycles. The van der Waals surface area contributed by atoms with Crippen molar-refractivity contribution in [3.05, 3.63) is 28.2 Å². The molecule has 0 fully saturated rings. The molecule has 0 aliphatic rings. The SMILES string of the molecule is CCCCCCCCCNC(=S)Nc1cc(Cl)cc(Cl)c1. The van der Waals surface area contributed by atoms with E-state index in [0.717, 1.165) is 18.7 Å². The summed E-state index contributed by atoms with van der Waals surface area (Å²) < 4.78 is 0. The zero-order valence-electron chi connectivity index (χ0n) is 12.6. The number of nitrogens with one attached hydrogen (secondary N) is 2. The Hall–Kier alpha value is -0.510. The summed E-state index contributed by atoms with van der Waals surface area (Å²) in [5.74, 6) is 0. The van der Waals surface area contributed by atoms with Gasteiger partial charge < -0.3 is 10.6 Å². The normalized spacial score (nSPS) is 10.4. The number of anilines is 1. The van der Waals surface area contributed by atoms with Crippen molar-refractivity contribution in [2.75, 3.05) is 11.9 Å². The molecule has 0 heterocycles. The van der Waals surface area contributed by atoms with Crippen LogP contribution in [-0.2, 0) is 0 Å². The lowest BCUT2D eigenvalue weighted by atomic mass is 10.1. The molecule has 0 saturated carbocycles. The number of halogens is 2. The maximum absolute atomic E-state index is 5.94. The Morgan fingerprint density at radius 2 is 1.52 bits per heavy atom. The smallest absolute Gasteiger partial charge is 0.170 e. The summed E-state index contributed by atoms with van der Waals surface area (Å²) in [7, 11) is 0. The first-order valence-corrected chi connectivity index (χ1v) is 8.79. The van der Waals surface area contributed by atoms with Crippen LogP contribution in [-0.4, -0.2) is 11.7 Å². The van der Waals surface area contributed by atoms with Crippen LogP contribution >= 0.6 is 35.4 Å². The minimum atomic E-state index is 0.597. The predicted octanol–water partition coefficient (Wildman–Crippen LogP) is 6.03. The largest absolute Gasteiger partial charge is 0.362 e. The van der Waals surface area contributed by atoms with Gasteiger partial charge in [0.25, 0.3) is 0 Å². The van der Waals surface area contributed by atoms with Gasteiger partial charge in [-0.15, -0.1) is 0 Å². The number of hydrogen-bond donors (Lipinski definition) is 2. The Morgan fingerprint density at radius 1 is 0.952 bits per heavy atom. The standard InChI is InChI=1S/C16H24Cl2N2S/c1-2-3-4-5-6-7-8-9-19-16(21)20-15-11-13(17)10-14(18)12-15/h10-12H,2-9H2,1H3,(H2,19,20,21). The van der Waals surface area contributed by atoms with E-state index in [1.165, 1.54) is 38.5 Å². The van der Waals surface area contributed by atoms with Crippen LogP contribution in [0.25, 0.3) is 0 Å². The molecule has 0 unspecified atom stereocenters. The summed E-state index contributed by atoms with van der Waals surface area (Å²) in [4.78, 5) is 0. The van der Waals surface area contributed by atoms with E-state index in [1.54, 1.807) is 18.2 Å². The Bertz CT molecular complexity index is 418. The van der Waals surface area contributed by atoms with E-state index >= 15 is 0 Å². The van der Waals surface area contributed by atoms with Crippen LogP contribution in [0.3, 0.4) is 0 Å². The highest BCUT2D eigenvalue weighted by Gasteiger charge is 2.00. The van der Waals surface area contributed by atoms with Gasteiger partial charge in [-0.05, 0) is 36.8 Å². The number of thiocarbonyl (C=S) groups is 1. The fourth-order valence-electron chi connectivity index (χ4n) is 2.09. The Kier molecular flexibility index (Phi) is 9.81. The molecule has 0 atom stereocenters. The van der Waals surface area contributed by atoms with Gasteiger partial charge in [-0.1, -0.05) is 68.7 Å². The second-order valence-electron chi connectivity index (χ2n) is 5.16. The van der Waals surface area contributed by atoms with E-state index in [9.17, 15) is 0 Å². The molecule has 1 aromatic rings. The first-order chi connectivity index (χ1) is 10.1. The first-order valence-electron chi connectivity index (χ1n) is 7.62. The third kappa shape index (κ3) is 9.18. The summed E-state index contributed by atoms with van der Waals surface area (Å²) in [6, 6.07) is 5.30. The molecule has 1 aromatic carbocycles. The van der Waals surface area contributed by atoms with Crippen LogP contribution < -0.4 is 10.6 Å². The van der Waals surface area contributed by atoms with Crippen LogP contribution in [0.2, 0.25) is 10.0 Å². The van der Waals surface area contributed by atoms with Crippen molar-refractivity contribution in [3.63, 3.8) is 0 Å². The third-order valence-electron chi connectivity index (χ3n) is 3.19. The Balaban J connectivity index is 2.11. The molecule has 2 N–H and O–H groups in total. The molecule has 118 valence electrons. The average Bonchev–Trinajstić information content (AvgIpc) is 2.40. The first kappa shape index (κ1) is 18.5. The van der Waals surface area contributed by atoms with Crippen molar-refractivity contribution in [1.29, 1.82) is 0 Å². The zero-order valence-corrected chi connectivity index (χ0v) is 14.9. The lowest BCUT2D eigenvalue weighted by molar-refractivity contribution is 0.586. The topological polar surface area (TPSA) is 24.1 Å². The van der Waals surface area contributed by atoms with Gasteiger partial charge in [0.15, 0.2) is 5.11 Å². The minimum Gasteiger partial charge on any atom is -0.362 e. The van der Waals surface area contributed by atoms with Crippen molar-refractivity contribution in [2.24, 2.45) is 0 Å². The number of benzene rings is 1. The Labute approximate surface area is 143 Å². The van der Waals surface area contributed by atoms with E-state index in [1.807, 2.05) is 0 Å². The molecule has 0 aliphatic carbocycles. The molecule has 0 saturated heterocycles. The molecule has 0 spiro atoms. The lowest BCUT2D eigenvalue weighted by Crippen LogP contribution is -2.29. The van der Waals surface area contributed by atoms with Gasteiger partial charge in [0.05, 0.1) is 0 Å². The van der Waals surface area contributed by atoms with Gasteiger partial charge in [0, 0.05) is 22.3 Å². The van der Waals surface area contributed by atoms with Crippen molar-refractivity contribution < 1.29 is 0 Å². The monoisotopic (exact) mass is 346 g/mol. The van der Waals surface area contributed by atoms with Gasteiger partial charge in [0.1, 0.15) is 0 Å². The van der Waals surface area contributed by atoms with Crippen molar-refractivity contribution in [1.82, 2.24) is 5.32 Å². The molecule has 1 rings (SSSR count). The van der Waals surface area contributed by atoms with E-state index in [-0.39, 0.29) is 0 Å². The molecular weight excluding hydrogens is 323 g/mol. The van der Waals surface area contributed by atoms with Crippen LogP contribution in [0.1, 0.15) is 51.9 Å². The minimum absolute atomic E-state index is 0.597. The molecular formula is C16H24Cl2N2S. The highest BCUT2D eigenvalue weighted by molar-refractivity contribution is 7.80. The van der Waals surface area contributed by atoms with Gasteiger partial charge in [-0.2, -0.15) is 0 Å². The second kappa shape index (κ2) is 11.1. The Morgan fingerprint density at radius 3 is 2.14 bits per heavy atom. The molecule has 0 aromatic heterocycles. The second-order valence-corrected chi connectivity index (χ2v) is 6.44.